The molecular formula is C19H16N2O3. The maximum Gasteiger partial charge on any atom is 0.273 e. The first-order chi connectivity index (χ1) is 11.5. The first-order valence-electron chi connectivity index (χ1n) is 7.55. The highest BCUT2D eigenvalue weighted by Crippen LogP contribution is 2.19. The number of benzene rings is 3. The highest BCUT2D eigenvalue weighted by molar-refractivity contribution is 5.95. The zero-order chi connectivity index (χ0) is 17.1. The first kappa shape index (κ1) is 15.7. The summed E-state index contributed by atoms with van der Waals surface area (Å²) in [6.45, 7) is 2.01. The minimum Gasteiger partial charge on any atom is -0.348 e. The lowest BCUT2D eigenvalue weighted by Crippen LogP contribution is -2.22. The van der Waals surface area contributed by atoms with Crippen LogP contribution in [0.25, 0.3) is 10.8 Å². The fourth-order valence-corrected chi connectivity index (χ4v) is 2.58. The van der Waals surface area contributed by atoms with E-state index in [9.17, 15) is 14.9 Å². The van der Waals surface area contributed by atoms with Crippen molar-refractivity contribution in [3.8, 4) is 0 Å². The Balaban J connectivity index is 1.75. The van der Waals surface area contributed by atoms with Crippen LogP contribution >= 0.6 is 0 Å². The summed E-state index contributed by atoms with van der Waals surface area (Å²) in [6.07, 6.45) is 0. The van der Waals surface area contributed by atoms with E-state index in [1.807, 2.05) is 42.5 Å². The van der Waals surface area contributed by atoms with Crippen molar-refractivity contribution in [2.75, 3.05) is 0 Å². The molecule has 0 aliphatic carbocycles. The number of nitrogens with zero attached hydrogens (tertiary/aromatic N) is 1. The van der Waals surface area contributed by atoms with Crippen molar-refractivity contribution < 1.29 is 9.72 Å². The minimum absolute atomic E-state index is 0.0478. The molecule has 0 fully saturated rings. The van der Waals surface area contributed by atoms with Crippen LogP contribution in [0.5, 0.6) is 0 Å². The summed E-state index contributed by atoms with van der Waals surface area (Å²) in [5, 5.41) is 16.0. The molecule has 5 heteroatoms. The highest BCUT2D eigenvalue weighted by atomic mass is 16.6. The van der Waals surface area contributed by atoms with Crippen LogP contribution in [0.2, 0.25) is 0 Å². The smallest absolute Gasteiger partial charge is 0.273 e. The van der Waals surface area contributed by atoms with Gasteiger partial charge in [0, 0.05) is 23.7 Å². The third-order valence-electron chi connectivity index (χ3n) is 3.93. The van der Waals surface area contributed by atoms with Crippen molar-refractivity contribution in [3.63, 3.8) is 0 Å². The summed E-state index contributed by atoms with van der Waals surface area (Å²) >= 11 is 0. The molecule has 1 N–H and O–H groups in total. The monoisotopic (exact) mass is 320 g/mol. The van der Waals surface area contributed by atoms with E-state index in [0.29, 0.717) is 12.1 Å². The lowest BCUT2D eigenvalue weighted by molar-refractivity contribution is -0.385. The van der Waals surface area contributed by atoms with Crippen LogP contribution < -0.4 is 5.32 Å². The van der Waals surface area contributed by atoms with Gasteiger partial charge in [-0.05, 0) is 35.4 Å². The van der Waals surface area contributed by atoms with E-state index in [2.05, 4.69) is 5.32 Å². The maximum atomic E-state index is 12.2. The predicted octanol–water partition coefficient (Wildman–Crippen LogP) is 3.99. The Kier molecular flexibility index (Phi) is 4.24. The van der Waals surface area contributed by atoms with Gasteiger partial charge >= 0.3 is 0 Å². The molecule has 0 saturated heterocycles. The molecule has 24 heavy (non-hydrogen) atoms. The second-order valence-electron chi connectivity index (χ2n) is 5.62. The van der Waals surface area contributed by atoms with Gasteiger partial charge in [0.2, 0.25) is 0 Å². The standard InChI is InChI=1S/C19H16N2O3/c1-13-6-8-17(11-18(13)21(23)24)19(22)20-12-14-7-9-15-4-2-3-5-16(15)10-14/h2-11H,12H2,1H3,(H,20,22). The lowest BCUT2D eigenvalue weighted by atomic mass is 10.1. The fourth-order valence-electron chi connectivity index (χ4n) is 2.58. The first-order valence-corrected chi connectivity index (χ1v) is 7.55. The van der Waals surface area contributed by atoms with Crippen LogP contribution in [0.1, 0.15) is 21.5 Å². The average molecular weight is 320 g/mol. The summed E-state index contributed by atoms with van der Waals surface area (Å²) in [5.41, 5.74) is 1.75. The highest BCUT2D eigenvalue weighted by Gasteiger charge is 2.14. The number of rotatable bonds is 4. The van der Waals surface area contributed by atoms with E-state index in [4.69, 9.17) is 0 Å². The van der Waals surface area contributed by atoms with E-state index in [1.54, 1.807) is 19.1 Å². The van der Waals surface area contributed by atoms with Crippen LogP contribution in [-0.4, -0.2) is 10.8 Å². The second-order valence-corrected chi connectivity index (χ2v) is 5.62. The van der Waals surface area contributed by atoms with Gasteiger partial charge in [-0.1, -0.05) is 42.5 Å². The van der Waals surface area contributed by atoms with Crippen molar-refractivity contribution in [1.29, 1.82) is 0 Å². The molecule has 120 valence electrons. The van der Waals surface area contributed by atoms with Crippen molar-refractivity contribution in [2.24, 2.45) is 0 Å². The van der Waals surface area contributed by atoms with Gasteiger partial charge < -0.3 is 5.32 Å². The molecule has 5 nitrogen and oxygen atoms in total. The van der Waals surface area contributed by atoms with Gasteiger partial charge in [0.05, 0.1) is 4.92 Å². The Morgan fingerprint density at radius 2 is 1.79 bits per heavy atom. The van der Waals surface area contributed by atoms with E-state index >= 15 is 0 Å². The summed E-state index contributed by atoms with van der Waals surface area (Å²) < 4.78 is 0. The topological polar surface area (TPSA) is 72.2 Å². The van der Waals surface area contributed by atoms with Crippen LogP contribution in [0, 0.1) is 17.0 Å². The molecule has 0 aliphatic heterocycles. The number of aryl methyl sites for hydroxylation is 1. The number of nitrogens with one attached hydrogen (secondary N) is 1. The van der Waals surface area contributed by atoms with Crippen LogP contribution in [0.4, 0.5) is 5.69 Å². The van der Waals surface area contributed by atoms with Gasteiger partial charge in [-0.3, -0.25) is 14.9 Å². The summed E-state index contributed by atoms with van der Waals surface area (Å²) in [6, 6.07) is 18.5. The number of amides is 1. The molecule has 1 amide bonds. The van der Waals surface area contributed by atoms with Crippen LogP contribution in [0.3, 0.4) is 0 Å². The molecule has 0 aromatic heterocycles. The summed E-state index contributed by atoms with van der Waals surface area (Å²) in [7, 11) is 0. The Bertz CT molecular complexity index is 935. The van der Waals surface area contributed by atoms with Crippen molar-refractivity contribution >= 4 is 22.4 Å². The number of nitro benzene ring substituents is 1. The molecule has 0 aliphatic rings. The normalized spacial score (nSPS) is 10.5. The SMILES string of the molecule is Cc1ccc(C(=O)NCc2ccc3ccccc3c2)cc1[N+](=O)[O-]. The number of carbonyl (C=O) groups excluding carboxylic acids is 1. The molecule has 0 unspecified atom stereocenters. The zero-order valence-electron chi connectivity index (χ0n) is 13.2. The molecule has 0 atom stereocenters. The number of hydrogen-bond donors (Lipinski definition) is 1. The molecule has 3 aromatic rings. The van der Waals surface area contributed by atoms with E-state index in [0.717, 1.165) is 16.3 Å². The van der Waals surface area contributed by atoms with Crippen molar-refractivity contribution in [2.45, 2.75) is 13.5 Å². The third-order valence-corrected chi connectivity index (χ3v) is 3.93. The molecule has 0 radical (unpaired) electrons. The van der Waals surface area contributed by atoms with Crippen LogP contribution in [0.15, 0.2) is 60.7 Å². The lowest BCUT2D eigenvalue weighted by Gasteiger charge is -2.07. The number of hydrogen-bond acceptors (Lipinski definition) is 3. The molecule has 0 heterocycles. The zero-order valence-corrected chi connectivity index (χ0v) is 13.2. The Hall–Kier alpha value is -3.21. The minimum atomic E-state index is -0.477. The molecule has 0 spiro atoms. The van der Waals surface area contributed by atoms with Crippen LogP contribution in [-0.2, 0) is 6.54 Å². The largest absolute Gasteiger partial charge is 0.348 e. The maximum absolute atomic E-state index is 12.2. The van der Waals surface area contributed by atoms with Gasteiger partial charge in [-0.25, -0.2) is 0 Å². The third kappa shape index (κ3) is 3.25. The van der Waals surface area contributed by atoms with Gasteiger partial charge in [0.15, 0.2) is 0 Å². The van der Waals surface area contributed by atoms with E-state index < -0.39 is 4.92 Å². The van der Waals surface area contributed by atoms with Crippen molar-refractivity contribution in [3.05, 3.63) is 87.5 Å². The van der Waals surface area contributed by atoms with Gasteiger partial charge in [0.1, 0.15) is 0 Å². The van der Waals surface area contributed by atoms with E-state index in [1.165, 1.54) is 6.07 Å². The summed E-state index contributed by atoms with van der Waals surface area (Å²) in [4.78, 5) is 22.7. The number of fused-ring (bicyclic) bond motifs is 1. The average Bonchev–Trinajstić information content (AvgIpc) is 2.59. The number of nitro groups is 1. The quantitative estimate of drug-likeness (QED) is 0.583. The second kappa shape index (κ2) is 6.50. The van der Waals surface area contributed by atoms with E-state index in [-0.39, 0.29) is 17.2 Å². The molecule has 0 bridgehead atoms. The van der Waals surface area contributed by atoms with Gasteiger partial charge in [0.25, 0.3) is 11.6 Å². The fraction of sp³-hybridized carbons (Fsp3) is 0.105. The molecule has 3 aromatic carbocycles. The summed E-state index contributed by atoms with van der Waals surface area (Å²) in [5.74, 6) is -0.328. The Morgan fingerprint density at radius 1 is 1.04 bits per heavy atom. The predicted molar refractivity (Wildman–Crippen MR) is 93.0 cm³/mol. The van der Waals surface area contributed by atoms with Crippen molar-refractivity contribution in [1.82, 2.24) is 5.32 Å². The molecular weight excluding hydrogens is 304 g/mol. The molecule has 3 rings (SSSR count). The molecule has 0 saturated carbocycles. The Labute approximate surface area is 139 Å². The number of carbonyl (C=O) groups is 1. The van der Waals surface area contributed by atoms with Gasteiger partial charge in [-0.15, -0.1) is 0 Å². The Morgan fingerprint density at radius 3 is 2.54 bits per heavy atom. The van der Waals surface area contributed by atoms with Gasteiger partial charge in [-0.2, -0.15) is 0 Å².